The van der Waals surface area contributed by atoms with Gasteiger partial charge in [0.2, 0.25) is 0 Å². The smallest absolute Gasteiger partial charge is 0.322 e. The molecule has 2 atom stereocenters. The van der Waals surface area contributed by atoms with Crippen molar-refractivity contribution in [2.75, 3.05) is 0 Å². The van der Waals surface area contributed by atoms with Crippen molar-refractivity contribution in [1.82, 2.24) is 0 Å². The Morgan fingerprint density at radius 1 is 0.654 bits per heavy atom. The molecule has 2 nitrogen and oxygen atoms in total. The predicted molar refractivity (Wildman–Crippen MR) is 92.1 cm³/mol. The first-order valence-corrected chi connectivity index (χ1v) is 8.65. The van der Waals surface area contributed by atoms with Crippen molar-refractivity contribution in [1.29, 1.82) is 0 Å². The molecule has 0 saturated heterocycles. The lowest BCUT2D eigenvalue weighted by molar-refractivity contribution is -0.139. The molecule has 4 N–H and O–H groups in total. The molecule has 2 rings (SSSR count). The van der Waals surface area contributed by atoms with Crippen LogP contribution in [0.2, 0.25) is 0 Å². The third-order valence-corrected chi connectivity index (χ3v) is 5.13. The van der Waals surface area contributed by atoms with Crippen LogP contribution in [-0.4, -0.2) is 0 Å². The highest BCUT2D eigenvalue weighted by atomic mass is 79.9. The fourth-order valence-electron chi connectivity index (χ4n) is 2.35. The average Bonchev–Trinajstić information content (AvgIpc) is 2.52. The molecule has 0 amide bonds. The van der Waals surface area contributed by atoms with Gasteiger partial charge in [0.1, 0.15) is 0 Å². The second-order valence-electron chi connectivity index (χ2n) is 5.53. The standard InChI is InChI=1S/C16H12Br2F6N2/c17-11-3-1-7(5-9(11)15(19,20)21)13(25)14(26)8-2-4-12(18)10(6-8)16(22,23)24/h1-6,13-14H,25-26H2. The Morgan fingerprint density at radius 2 is 0.962 bits per heavy atom. The van der Waals surface area contributed by atoms with Crippen LogP contribution in [0.1, 0.15) is 34.3 Å². The van der Waals surface area contributed by atoms with Crippen LogP contribution in [-0.2, 0) is 12.4 Å². The van der Waals surface area contributed by atoms with Gasteiger partial charge in [0.25, 0.3) is 0 Å². The van der Waals surface area contributed by atoms with Crippen LogP contribution in [0.15, 0.2) is 45.3 Å². The first-order chi connectivity index (χ1) is 11.8. The summed E-state index contributed by atoms with van der Waals surface area (Å²) in [6.45, 7) is 0. The number of rotatable bonds is 3. The van der Waals surface area contributed by atoms with Gasteiger partial charge in [0, 0.05) is 21.0 Å². The fraction of sp³-hybridized carbons (Fsp3) is 0.250. The van der Waals surface area contributed by atoms with Crippen LogP contribution in [0, 0.1) is 0 Å². The summed E-state index contributed by atoms with van der Waals surface area (Å²) in [5.74, 6) is 0. The van der Waals surface area contributed by atoms with Crippen molar-refractivity contribution in [2.45, 2.75) is 24.4 Å². The summed E-state index contributed by atoms with van der Waals surface area (Å²) in [5.41, 5.74) is 10.1. The van der Waals surface area contributed by atoms with Crippen molar-refractivity contribution >= 4 is 31.9 Å². The van der Waals surface area contributed by atoms with Gasteiger partial charge in [-0.05, 0) is 35.4 Å². The summed E-state index contributed by atoms with van der Waals surface area (Å²) in [7, 11) is 0. The number of alkyl halides is 6. The normalized spacial score (nSPS) is 15.0. The number of nitrogens with two attached hydrogens (primary N) is 2. The Morgan fingerprint density at radius 3 is 1.23 bits per heavy atom. The number of benzene rings is 2. The summed E-state index contributed by atoms with van der Waals surface area (Å²) in [4.78, 5) is 0. The highest BCUT2D eigenvalue weighted by Crippen LogP contribution is 2.39. The third-order valence-electron chi connectivity index (χ3n) is 3.75. The van der Waals surface area contributed by atoms with E-state index in [-0.39, 0.29) is 20.1 Å². The molecule has 142 valence electrons. The molecule has 2 aromatic rings. The van der Waals surface area contributed by atoms with Gasteiger partial charge in [-0.1, -0.05) is 44.0 Å². The largest absolute Gasteiger partial charge is 0.417 e. The van der Waals surface area contributed by atoms with E-state index in [9.17, 15) is 26.3 Å². The minimum Gasteiger partial charge on any atom is -0.322 e. The van der Waals surface area contributed by atoms with Crippen LogP contribution in [0.4, 0.5) is 26.3 Å². The highest BCUT2D eigenvalue weighted by molar-refractivity contribution is 9.10. The fourth-order valence-corrected chi connectivity index (χ4v) is 3.29. The molecule has 0 fully saturated rings. The van der Waals surface area contributed by atoms with Crippen LogP contribution in [0.25, 0.3) is 0 Å². The molecule has 0 bridgehead atoms. The van der Waals surface area contributed by atoms with Crippen LogP contribution in [0.5, 0.6) is 0 Å². The molecule has 2 unspecified atom stereocenters. The van der Waals surface area contributed by atoms with Crippen molar-refractivity contribution < 1.29 is 26.3 Å². The van der Waals surface area contributed by atoms with Gasteiger partial charge < -0.3 is 11.5 Å². The lowest BCUT2D eigenvalue weighted by Gasteiger charge is -2.23. The van der Waals surface area contributed by atoms with E-state index in [0.717, 1.165) is 12.1 Å². The number of hydrogen-bond donors (Lipinski definition) is 2. The highest BCUT2D eigenvalue weighted by Gasteiger charge is 2.35. The summed E-state index contributed by atoms with van der Waals surface area (Å²) in [6.07, 6.45) is -9.22. The second kappa shape index (κ2) is 7.49. The minimum atomic E-state index is -4.61. The third kappa shape index (κ3) is 4.59. The minimum absolute atomic E-state index is 0.0597. The van der Waals surface area contributed by atoms with E-state index in [1.54, 1.807) is 0 Å². The van der Waals surface area contributed by atoms with E-state index in [1.807, 2.05) is 0 Å². The first kappa shape index (κ1) is 21.2. The molecule has 26 heavy (non-hydrogen) atoms. The maximum atomic E-state index is 13.0. The SMILES string of the molecule is NC(c1ccc(Br)c(C(F)(F)F)c1)C(N)c1ccc(Br)c(C(F)(F)F)c1. The van der Waals surface area contributed by atoms with Gasteiger partial charge >= 0.3 is 12.4 Å². The van der Waals surface area contributed by atoms with Crippen molar-refractivity contribution in [3.8, 4) is 0 Å². The van der Waals surface area contributed by atoms with Gasteiger partial charge in [0.05, 0.1) is 11.1 Å². The van der Waals surface area contributed by atoms with E-state index in [2.05, 4.69) is 31.9 Å². The Labute approximate surface area is 161 Å². The lowest BCUT2D eigenvalue weighted by Crippen LogP contribution is -2.27. The molecular formula is C16H12Br2F6N2. The topological polar surface area (TPSA) is 52.0 Å². The molecule has 0 aromatic heterocycles. The predicted octanol–water partition coefficient (Wildman–Crippen LogP) is 5.95. The van der Waals surface area contributed by atoms with E-state index in [0.29, 0.717) is 0 Å². The number of halogens is 8. The molecule has 2 aromatic carbocycles. The summed E-state index contributed by atoms with van der Waals surface area (Å²) in [5, 5.41) is 0. The van der Waals surface area contributed by atoms with Crippen LogP contribution >= 0.6 is 31.9 Å². The molecule has 0 aliphatic rings. The Bertz CT molecular complexity index is 737. The molecule has 0 spiro atoms. The zero-order valence-electron chi connectivity index (χ0n) is 12.8. The van der Waals surface area contributed by atoms with Crippen molar-refractivity contribution in [3.63, 3.8) is 0 Å². The summed E-state index contributed by atoms with van der Waals surface area (Å²) < 4.78 is 77.7. The molecule has 10 heteroatoms. The Hall–Kier alpha value is -1.10. The molecule has 0 radical (unpaired) electrons. The van der Waals surface area contributed by atoms with Crippen LogP contribution in [0.3, 0.4) is 0 Å². The molecule has 0 saturated carbocycles. The molecule has 0 aliphatic carbocycles. The zero-order chi connectivity index (χ0) is 19.9. The summed E-state index contributed by atoms with van der Waals surface area (Å²) in [6, 6.07) is 4.43. The first-order valence-electron chi connectivity index (χ1n) is 7.07. The van der Waals surface area contributed by atoms with Gasteiger partial charge in [-0.3, -0.25) is 0 Å². The Balaban J connectivity index is 2.41. The van der Waals surface area contributed by atoms with Gasteiger partial charge in [-0.25, -0.2) is 0 Å². The summed E-state index contributed by atoms with van der Waals surface area (Å²) >= 11 is 5.63. The second-order valence-corrected chi connectivity index (χ2v) is 7.23. The maximum Gasteiger partial charge on any atom is 0.417 e. The maximum absolute atomic E-state index is 13.0. The van der Waals surface area contributed by atoms with Gasteiger partial charge in [-0.2, -0.15) is 26.3 Å². The van der Waals surface area contributed by atoms with Gasteiger partial charge in [0.15, 0.2) is 0 Å². The monoisotopic (exact) mass is 504 g/mol. The van der Waals surface area contributed by atoms with E-state index in [4.69, 9.17) is 11.5 Å². The molecular weight excluding hydrogens is 494 g/mol. The van der Waals surface area contributed by atoms with E-state index >= 15 is 0 Å². The van der Waals surface area contributed by atoms with Crippen molar-refractivity contribution in [2.24, 2.45) is 11.5 Å². The average molecular weight is 506 g/mol. The lowest BCUT2D eigenvalue weighted by atomic mass is 9.93. The number of hydrogen-bond acceptors (Lipinski definition) is 2. The molecule has 0 heterocycles. The zero-order valence-corrected chi connectivity index (χ0v) is 16.0. The molecule has 0 aliphatic heterocycles. The van der Waals surface area contributed by atoms with Crippen LogP contribution < -0.4 is 11.5 Å². The Kier molecular flexibility index (Phi) is 6.11. The van der Waals surface area contributed by atoms with E-state index in [1.165, 1.54) is 24.3 Å². The van der Waals surface area contributed by atoms with E-state index < -0.39 is 35.6 Å². The van der Waals surface area contributed by atoms with Crippen molar-refractivity contribution in [3.05, 3.63) is 67.6 Å². The quantitative estimate of drug-likeness (QED) is 0.506. The van der Waals surface area contributed by atoms with Gasteiger partial charge in [-0.15, -0.1) is 0 Å².